The highest BCUT2D eigenvalue weighted by atomic mass is 35.5. The maximum Gasteiger partial charge on any atom is 0.408 e. The van der Waals surface area contributed by atoms with Crippen molar-refractivity contribution in [2.75, 3.05) is 18.6 Å². The number of ether oxygens (including phenoxy) is 2. The third kappa shape index (κ3) is 13.2. The summed E-state index contributed by atoms with van der Waals surface area (Å²) in [5, 5.41) is 44.4. The number of aliphatic hydroxyl groups excluding tert-OH is 3. The van der Waals surface area contributed by atoms with E-state index in [0.717, 1.165) is 0 Å². The summed E-state index contributed by atoms with van der Waals surface area (Å²) < 4.78 is 9.47. The second-order valence-corrected chi connectivity index (χ2v) is 9.83. The number of aliphatic hydroxyl groups is 4. The van der Waals surface area contributed by atoms with Gasteiger partial charge in [-0.05, 0) is 51.3 Å². The standard InChI is InChI=1S/C10H19NO4S.C6H6N2O.C5H9ClO5/c1-10(2,3)15-9(14)11-7(8(12)13)5-6-16-4;7-6(9)5-2-1-3-8-4-5;6-5(10)4(9)3(8)2(1-7)11-5/h7H,5-6H2,1-4H3,(H,11,14)(H,12,13);1-4H,(H2,7,9);2-4,7-10H,1H2/t7-;;2-,3-,4-,5?/m0.1/s1. The molecule has 206 valence electrons. The molecule has 1 saturated heterocycles. The van der Waals surface area contributed by atoms with Crippen molar-refractivity contribution in [1.29, 1.82) is 0 Å². The third-order valence-electron chi connectivity index (χ3n) is 4.11. The number of carboxylic acid groups (broad SMARTS) is 1. The van der Waals surface area contributed by atoms with Crippen LogP contribution in [0.2, 0.25) is 0 Å². The molecule has 2 rings (SSSR count). The number of nitrogens with one attached hydrogen (secondary N) is 1. The maximum absolute atomic E-state index is 11.3. The van der Waals surface area contributed by atoms with Crippen LogP contribution in [0.15, 0.2) is 24.5 Å². The molecule has 1 fully saturated rings. The summed E-state index contributed by atoms with van der Waals surface area (Å²) in [5.41, 5.74) is 4.76. The van der Waals surface area contributed by atoms with Crippen LogP contribution in [0.25, 0.3) is 0 Å². The van der Waals surface area contributed by atoms with Gasteiger partial charge in [0.15, 0.2) is 6.10 Å². The minimum Gasteiger partial charge on any atom is -0.480 e. The van der Waals surface area contributed by atoms with Gasteiger partial charge in [0, 0.05) is 12.4 Å². The maximum atomic E-state index is 11.3. The van der Waals surface area contributed by atoms with Gasteiger partial charge in [-0.15, -0.1) is 0 Å². The van der Waals surface area contributed by atoms with Gasteiger partial charge >= 0.3 is 12.1 Å². The number of halogens is 1. The van der Waals surface area contributed by atoms with Crippen molar-refractivity contribution in [1.82, 2.24) is 10.3 Å². The zero-order chi connectivity index (χ0) is 28.1. The molecule has 13 nitrogen and oxygen atoms in total. The van der Waals surface area contributed by atoms with Crippen LogP contribution in [0.5, 0.6) is 0 Å². The smallest absolute Gasteiger partial charge is 0.408 e. The summed E-state index contributed by atoms with van der Waals surface area (Å²) in [4.78, 5) is 36.2. The number of carboxylic acids is 1. The molecule has 0 saturated carbocycles. The Bertz CT molecular complexity index is 826. The van der Waals surface area contributed by atoms with E-state index in [1.807, 2.05) is 6.26 Å². The number of carbonyl (C=O) groups is 3. The molecule has 8 N–H and O–H groups in total. The molecular weight excluding hydrogens is 522 g/mol. The van der Waals surface area contributed by atoms with Crippen molar-refractivity contribution in [2.24, 2.45) is 5.73 Å². The first-order valence-electron chi connectivity index (χ1n) is 10.5. The van der Waals surface area contributed by atoms with Gasteiger partial charge in [0.1, 0.15) is 23.9 Å². The predicted molar refractivity (Wildman–Crippen MR) is 131 cm³/mol. The number of hydrogen-bond donors (Lipinski definition) is 7. The molecule has 15 heteroatoms. The summed E-state index contributed by atoms with van der Waals surface area (Å²) >= 11 is 6.73. The molecule has 0 spiro atoms. The van der Waals surface area contributed by atoms with Crippen LogP contribution in [0.1, 0.15) is 37.6 Å². The van der Waals surface area contributed by atoms with Gasteiger partial charge in [-0.1, -0.05) is 11.6 Å². The van der Waals surface area contributed by atoms with Gasteiger partial charge < -0.3 is 46.1 Å². The topological polar surface area (TPSA) is 222 Å². The van der Waals surface area contributed by atoms with Crippen LogP contribution in [0.4, 0.5) is 4.79 Å². The lowest BCUT2D eigenvalue weighted by Crippen LogP contribution is -2.43. The summed E-state index contributed by atoms with van der Waals surface area (Å²) in [6.07, 6.45) is 0.606. The lowest BCUT2D eigenvalue weighted by Gasteiger charge is -2.21. The van der Waals surface area contributed by atoms with Crippen LogP contribution < -0.4 is 11.1 Å². The molecule has 0 bridgehead atoms. The van der Waals surface area contributed by atoms with Crippen LogP contribution in [0, 0.1) is 0 Å². The van der Waals surface area contributed by atoms with E-state index in [1.165, 1.54) is 18.0 Å². The van der Waals surface area contributed by atoms with E-state index in [2.05, 4.69) is 15.0 Å². The number of hydrogen-bond acceptors (Lipinski definition) is 11. The van der Waals surface area contributed by atoms with E-state index < -0.39 is 59.8 Å². The van der Waals surface area contributed by atoms with Gasteiger partial charge in [-0.25, -0.2) is 9.59 Å². The predicted octanol–water partition coefficient (Wildman–Crippen LogP) is -0.118. The Hall–Kier alpha value is -2.20. The second kappa shape index (κ2) is 15.8. The number of primary amides is 1. The monoisotopic (exact) mass is 555 g/mol. The highest BCUT2D eigenvalue weighted by Crippen LogP contribution is 2.31. The van der Waals surface area contributed by atoms with Gasteiger partial charge in [0.05, 0.1) is 12.2 Å². The Balaban J connectivity index is 0.000000533. The lowest BCUT2D eigenvalue weighted by atomic mass is 10.1. The molecule has 36 heavy (non-hydrogen) atoms. The van der Waals surface area contributed by atoms with Crippen molar-refractivity contribution >= 4 is 41.3 Å². The molecule has 1 unspecified atom stereocenters. The molecular formula is C21H34ClN3O10S. The molecule has 0 radical (unpaired) electrons. The van der Waals surface area contributed by atoms with Gasteiger partial charge in [-0.3, -0.25) is 9.78 Å². The molecule has 0 aromatic carbocycles. The Morgan fingerprint density at radius 1 is 1.36 bits per heavy atom. The molecule has 2 amide bonds. The summed E-state index contributed by atoms with van der Waals surface area (Å²) in [6, 6.07) is 2.40. The van der Waals surface area contributed by atoms with Crippen LogP contribution >= 0.6 is 23.4 Å². The summed E-state index contributed by atoms with van der Waals surface area (Å²) in [5.74, 6) is -0.810. The summed E-state index contributed by atoms with van der Waals surface area (Å²) in [6.45, 7) is 4.67. The van der Waals surface area contributed by atoms with E-state index in [-0.39, 0.29) is 0 Å². The normalized spacial score (nSPS) is 23.8. The second-order valence-electron chi connectivity index (χ2n) is 8.31. The Morgan fingerprint density at radius 3 is 2.28 bits per heavy atom. The number of thioether (sulfide) groups is 1. The first-order chi connectivity index (χ1) is 16.6. The quantitative estimate of drug-likeness (QED) is 0.219. The number of aromatic nitrogens is 1. The fraction of sp³-hybridized carbons (Fsp3) is 0.619. The minimum absolute atomic E-state index is 0.385. The zero-order valence-corrected chi connectivity index (χ0v) is 21.9. The van der Waals surface area contributed by atoms with Crippen molar-refractivity contribution in [3.8, 4) is 0 Å². The van der Waals surface area contributed by atoms with Crippen molar-refractivity contribution in [3.05, 3.63) is 30.1 Å². The van der Waals surface area contributed by atoms with E-state index in [4.69, 9.17) is 47.6 Å². The SMILES string of the molecule is CSCC[C@H](NC(=O)OC(C)(C)C)C(=O)O.NC(=O)c1cccnc1.OC[C@H]1OC(O)(Cl)[C@H](O)[C@@H]1O. The van der Waals surface area contributed by atoms with E-state index in [1.54, 1.807) is 39.1 Å². The van der Waals surface area contributed by atoms with Crippen LogP contribution in [0.3, 0.4) is 0 Å². The highest BCUT2D eigenvalue weighted by Gasteiger charge is 2.52. The molecule has 1 aliphatic heterocycles. The molecule has 1 aliphatic rings. The van der Waals surface area contributed by atoms with E-state index in [9.17, 15) is 14.4 Å². The molecule has 1 aromatic heterocycles. The number of alkyl carbamates (subject to hydrolysis) is 1. The number of aliphatic carboxylic acids is 1. The van der Waals surface area contributed by atoms with E-state index in [0.29, 0.717) is 17.7 Å². The lowest BCUT2D eigenvalue weighted by molar-refractivity contribution is -0.169. The number of pyridine rings is 1. The molecule has 2 heterocycles. The first kappa shape index (κ1) is 33.8. The summed E-state index contributed by atoms with van der Waals surface area (Å²) in [7, 11) is 0. The average Bonchev–Trinajstić information content (AvgIpc) is 2.99. The number of amides is 2. The average molecular weight is 556 g/mol. The van der Waals surface area contributed by atoms with E-state index >= 15 is 0 Å². The fourth-order valence-corrected chi connectivity index (χ4v) is 3.08. The van der Waals surface area contributed by atoms with Gasteiger partial charge in [0.25, 0.3) is 5.25 Å². The van der Waals surface area contributed by atoms with Crippen molar-refractivity contribution in [2.45, 2.75) is 62.4 Å². The highest BCUT2D eigenvalue weighted by molar-refractivity contribution is 7.98. The Morgan fingerprint density at radius 2 is 1.97 bits per heavy atom. The number of alkyl halides is 1. The Labute approximate surface area is 217 Å². The molecule has 5 atom stereocenters. The molecule has 1 aromatic rings. The largest absolute Gasteiger partial charge is 0.480 e. The Kier molecular flexibility index (Phi) is 14.8. The molecule has 0 aliphatic carbocycles. The van der Waals surface area contributed by atoms with Gasteiger partial charge in [0.2, 0.25) is 5.91 Å². The zero-order valence-electron chi connectivity index (χ0n) is 20.3. The fourth-order valence-electron chi connectivity index (χ4n) is 2.36. The number of nitrogens with zero attached hydrogens (tertiary/aromatic N) is 1. The third-order valence-corrected chi connectivity index (χ3v) is 5.07. The van der Waals surface area contributed by atoms with Crippen molar-refractivity contribution in [3.63, 3.8) is 0 Å². The number of rotatable bonds is 7. The number of carbonyl (C=O) groups excluding carboxylic acids is 2. The van der Waals surface area contributed by atoms with Crippen molar-refractivity contribution < 1.29 is 49.4 Å². The number of nitrogens with two attached hydrogens (primary N) is 1. The first-order valence-corrected chi connectivity index (χ1v) is 12.3. The van der Waals surface area contributed by atoms with Crippen LogP contribution in [-0.2, 0) is 14.3 Å². The minimum atomic E-state index is -2.28. The van der Waals surface area contributed by atoms with Gasteiger partial charge in [-0.2, -0.15) is 11.8 Å². The van der Waals surface area contributed by atoms with Crippen LogP contribution in [-0.4, -0.2) is 102 Å².